The van der Waals surface area contributed by atoms with Gasteiger partial charge in [0.2, 0.25) is 0 Å². The Morgan fingerprint density at radius 3 is 2.48 bits per heavy atom. The lowest BCUT2D eigenvalue weighted by molar-refractivity contribution is -0.136. The summed E-state index contributed by atoms with van der Waals surface area (Å²) >= 11 is 0. The van der Waals surface area contributed by atoms with E-state index in [0.29, 0.717) is 24.4 Å². The highest BCUT2D eigenvalue weighted by molar-refractivity contribution is 5.78. The Morgan fingerprint density at radius 2 is 1.90 bits per heavy atom. The van der Waals surface area contributed by atoms with Crippen LogP contribution in [-0.4, -0.2) is 41.6 Å². The van der Waals surface area contributed by atoms with Crippen molar-refractivity contribution in [3.63, 3.8) is 0 Å². The SMILES string of the molecule is C=CCN(CC=C)C(=O)COc1cccc(CC(=O)O)c1. The lowest BCUT2D eigenvalue weighted by Crippen LogP contribution is -2.35. The van der Waals surface area contributed by atoms with E-state index in [1.54, 1.807) is 41.3 Å². The number of nitrogens with zero attached hydrogens (tertiary/aromatic N) is 1. The molecule has 0 radical (unpaired) electrons. The van der Waals surface area contributed by atoms with Gasteiger partial charge in [-0.3, -0.25) is 9.59 Å². The van der Waals surface area contributed by atoms with Gasteiger partial charge in [0, 0.05) is 13.1 Å². The number of carbonyl (C=O) groups is 2. The maximum absolute atomic E-state index is 12.0. The van der Waals surface area contributed by atoms with Gasteiger partial charge in [-0.25, -0.2) is 0 Å². The van der Waals surface area contributed by atoms with Crippen molar-refractivity contribution in [3.8, 4) is 5.75 Å². The van der Waals surface area contributed by atoms with Gasteiger partial charge >= 0.3 is 5.97 Å². The van der Waals surface area contributed by atoms with Crippen molar-refractivity contribution in [2.75, 3.05) is 19.7 Å². The van der Waals surface area contributed by atoms with Crippen LogP contribution in [0.25, 0.3) is 0 Å². The predicted octanol–water partition coefficient (Wildman–Crippen LogP) is 1.89. The average molecular weight is 289 g/mol. The van der Waals surface area contributed by atoms with Crippen molar-refractivity contribution >= 4 is 11.9 Å². The van der Waals surface area contributed by atoms with Crippen molar-refractivity contribution < 1.29 is 19.4 Å². The molecule has 1 N–H and O–H groups in total. The van der Waals surface area contributed by atoms with Crippen LogP contribution in [0.3, 0.4) is 0 Å². The summed E-state index contributed by atoms with van der Waals surface area (Å²) in [6, 6.07) is 6.70. The molecule has 0 atom stereocenters. The highest BCUT2D eigenvalue weighted by Gasteiger charge is 2.11. The first-order valence-electron chi connectivity index (χ1n) is 6.50. The Morgan fingerprint density at radius 1 is 1.24 bits per heavy atom. The van der Waals surface area contributed by atoms with Crippen molar-refractivity contribution in [1.82, 2.24) is 4.90 Å². The lowest BCUT2D eigenvalue weighted by Gasteiger charge is -2.19. The average Bonchev–Trinajstić information content (AvgIpc) is 2.44. The first kappa shape index (κ1) is 16.5. The summed E-state index contributed by atoms with van der Waals surface area (Å²) in [4.78, 5) is 24.2. The van der Waals surface area contributed by atoms with Crippen molar-refractivity contribution in [2.45, 2.75) is 6.42 Å². The summed E-state index contributed by atoms with van der Waals surface area (Å²) in [5, 5.41) is 8.75. The Kier molecular flexibility index (Phi) is 6.74. The summed E-state index contributed by atoms with van der Waals surface area (Å²) in [5.41, 5.74) is 0.626. The van der Waals surface area contributed by atoms with Crippen molar-refractivity contribution in [3.05, 3.63) is 55.1 Å². The summed E-state index contributed by atoms with van der Waals surface area (Å²) in [6.45, 7) is 7.93. The number of hydrogen-bond donors (Lipinski definition) is 1. The topological polar surface area (TPSA) is 66.8 Å². The molecule has 1 amide bonds. The standard InChI is InChI=1S/C16H19NO4/c1-3-8-17(9-4-2)15(18)12-21-14-7-5-6-13(10-14)11-16(19)20/h3-7,10H,1-2,8-9,11-12H2,(H,19,20). The first-order valence-corrected chi connectivity index (χ1v) is 6.50. The molecule has 0 aliphatic carbocycles. The van der Waals surface area contributed by atoms with Gasteiger partial charge in [-0.1, -0.05) is 24.3 Å². The molecule has 112 valence electrons. The van der Waals surface area contributed by atoms with Crippen LogP contribution in [0.1, 0.15) is 5.56 Å². The third kappa shape index (κ3) is 5.95. The van der Waals surface area contributed by atoms with E-state index in [0.717, 1.165) is 0 Å². The number of rotatable bonds is 9. The van der Waals surface area contributed by atoms with Crippen LogP contribution in [0.2, 0.25) is 0 Å². The van der Waals surface area contributed by atoms with Gasteiger partial charge in [-0.15, -0.1) is 13.2 Å². The molecule has 0 aliphatic heterocycles. The molecule has 1 rings (SSSR count). The molecule has 0 aromatic heterocycles. The van der Waals surface area contributed by atoms with E-state index >= 15 is 0 Å². The fourth-order valence-electron chi connectivity index (χ4n) is 1.75. The van der Waals surface area contributed by atoms with E-state index in [1.165, 1.54) is 0 Å². The van der Waals surface area contributed by atoms with Crippen LogP contribution >= 0.6 is 0 Å². The minimum absolute atomic E-state index is 0.0792. The molecule has 0 spiro atoms. The number of aliphatic carboxylic acids is 1. The van der Waals surface area contributed by atoms with Gasteiger partial charge < -0.3 is 14.7 Å². The quantitative estimate of drug-likeness (QED) is 0.705. The van der Waals surface area contributed by atoms with Gasteiger partial charge in [0.05, 0.1) is 6.42 Å². The smallest absolute Gasteiger partial charge is 0.307 e. The molecule has 0 unspecified atom stereocenters. The van der Waals surface area contributed by atoms with Crippen LogP contribution in [0.4, 0.5) is 0 Å². The number of carboxylic acid groups (broad SMARTS) is 1. The molecule has 21 heavy (non-hydrogen) atoms. The summed E-state index contributed by atoms with van der Waals surface area (Å²) < 4.78 is 5.41. The van der Waals surface area contributed by atoms with Crippen LogP contribution in [0.15, 0.2) is 49.6 Å². The summed E-state index contributed by atoms with van der Waals surface area (Å²) in [7, 11) is 0. The van der Waals surface area contributed by atoms with E-state index < -0.39 is 5.97 Å². The van der Waals surface area contributed by atoms with Crippen LogP contribution in [0.5, 0.6) is 5.75 Å². The molecule has 0 bridgehead atoms. The molecule has 1 aromatic carbocycles. The number of amides is 1. The van der Waals surface area contributed by atoms with E-state index in [4.69, 9.17) is 9.84 Å². The fourth-order valence-corrected chi connectivity index (χ4v) is 1.75. The normalized spacial score (nSPS) is 9.71. The lowest BCUT2D eigenvalue weighted by atomic mass is 10.1. The van der Waals surface area contributed by atoms with Gasteiger partial charge in [-0.05, 0) is 17.7 Å². The molecule has 0 saturated heterocycles. The zero-order chi connectivity index (χ0) is 15.7. The molecule has 0 fully saturated rings. The van der Waals surface area contributed by atoms with Crippen molar-refractivity contribution in [1.29, 1.82) is 0 Å². The Balaban J connectivity index is 2.61. The second-order valence-corrected chi connectivity index (χ2v) is 4.38. The van der Waals surface area contributed by atoms with E-state index in [2.05, 4.69) is 13.2 Å². The molecule has 0 saturated carbocycles. The Hall–Kier alpha value is -2.56. The minimum Gasteiger partial charge on any atom is -0.484 e. The molecule has 5 nitrogen and oxygen atoms in total. The first-order chi connectivity index (χ1) is 10.1. The third-order valence-electron chi connectivity index (χ3n) is 2.67. The number of hydrogen-bond acceptors (Lipinski definition) is 3. The van der Waals surface area contributed by atoms with E-state index in [9.17, 15) is 9.59 Å². The van der Waals surface area contributed by atoms with Crippen LogP contribution < -0.4 is 4.74 Å². The van der Waals surface area contributed by atoms with Crippen LogP contribution in [-0.2, 0) is 16.0 Å². The minimum atomic E-state index is -0.911. The fraction of sp³-hybridized carbons (Fsp3) is 0.250. The molecule has 1 aromatic rings. The molecular weight excluding hydrogens is 270 g/mol. The number of carbonyl (C=O) groups excluding carboxylic acids is 1. The molecule has 0 heterocycles. The Labute approximate surface area is 124 Å². The maximum Gasteiger partial charge on any atom is 0.307 e. The number of carboxylic acids is 1. The largest absolute Gasteiger partial charge is 0.484 e. The molecule has 0 aliphatic rings. The second kappa shape index (κ2) is 8.58. The zero-order valence-corrected chi connectivity index (χ0v) is 11.8. The number of ether oxygens (including phenoxy) is 1. The second-order valence-electron chi connectivity index (χ2n) is 4.38. The molecular formula is C16H19NO4. The maximum atomic E-state index is 12.0. The summed E-state index contributed by atoms with van der Waals surface area (Å²) in [6.07, 6.45) is 3.19. The van der Waals surface area contributed by atoms with Gasteiger partial charge in [0.1, 0.15) is 5.75 Å². The van der Waals surface area contributed by atoms with E-state index in [-0.39, 0.29) is 18.9 Å². The highest BCUT2D eigenvalue weighted by atomic mass is 16.5. The van der Waals surface area contributed by atoms with Gasteiger partial charge in [-0.2, -0.15) is 0 Å². The zero-order valence-electron chi connectivity index (χ0n) is 11.8. The van der Waals surface area contributed by atoms with E-state index in [1.807, 2.05) is 0 Å². The number of benzene rings is 1. The van der Waals surface area contributed by atoms with Crippen molar-refractivity contribution in [2.24, 2.45) is 0 Å². The highest BCUT2D eigenvalue weighted by Crippen LogP contribution is 2.14. The van der Waals surface area contributed by atoms with Gasteiger partial charge in [0.15, 0.2) is 6.61 Å². The van der Waals surface area contributed by atoms with Crippen LogP contribution in [0, 0.1) is 0 Å². The summed E-state index contributed by atoms with van der Waals surface area (Å²) in [5.74, 6) is -0.621. The third-order valence-corrected chi connectivity index (χ3v) is 2.67. The monoisotopic (exact) mass is 289 g/mol. The van der Waals surface area contributed by atoms with Gasteiger partial charge in [0.25, 0.3) is 5.91 Å². The molecule has 5 heteroatoms. The predicted molar refractivity (Wildman–Crippen MR) is 80.3 cm³/mol. The Bertz CT molecular complexity index is 515.